The number of nitrogens with zero attached hydrogens (tertiary/aromatic N) is 3. The molecule has 5 nitrogen and oxygen atoms in total. The zero-order chi connectivity index (χ0) is 19.2. The first-order valence-corrected chi connectivity index (χ1v) is 9.12. The minimum absolute atomic E-state index is 0.0516. The van der Waals surface area contributed by atoms with Crippen LogP contribution in [0.1, 0.15) is 21.6 Å². The van der Waals surface area contributed by atoms with Gasteiger partial charge in [-0.3, -0.25) is 9.78 Å². The maximum atomic E-state index is 12.8. The largest absolute Gasteiger partial charge is 0.349 e. The first kappa shape index (κ1) is 18.9. The summed E-state index contributed by atoms with van der Waals surface area (Å²) in [6, 6.07) is 14.3. The molecule has 0 aliphatic rings. The molecule has 0 spiro atoms. The second-order valence-electron chi connectivity index (χ2n) is 7.02. The lowest BCUT2D eigenvalue weighted by Crippen LogP contribution is -2.32. The zero-order valence-electron chi connectivity index (χ0n) is 16.1. The molecule has 140 valence electrons. The minimum Gasteiger partial charge on any atom is -0.349 e. The van der Waals surface area contributed by atoms with Gasteiger partial charge in [-0.15, -0.1) is 0 Å². The van der Waals surface area contributed by atoms with Gasteiger partial charge in [-0.2, -0.15) is 0 Å². The molecule has 3 aromatic rings. The third-order valence-electron chi connectivity index (χ3n) is 4.46. The Morgan fingerprint density at radius 1 is 1.07 bits per heavy atom. The van der Waals surface area contributed by atoms with Gasteiger partial charge in [0.25, 0.3) is 5.91 Å². The number of likely N-dealkylation sites (N-methyl/N-ethyl adjacent to an activating group) is 1. The number of hydrogen-bond acceptors (Lipinski definition) is 3. The summed E-state index contributed by atoms with van der Waals surface area (Å²) in [5.41, 5.74) is 5.13. The van der Waals surface area contributed by atoms with Gasteiger partial charge in [-0.25, -0.2) is 0 Å². The van der Waals surface area contributed by atoms with Crippen molar-refractivity contribution in [2.75, 3.05) is 27.2 Å². The van der Waals surface area contributed by atoms with Crippen LogP contribution in [0.15, 0.2) is 61.1 Å². The standard InChI is InChI=1S/C22H26N4O/c1-17-4-6-18(7-5-17)15-26-16-20(19-8-10-23-11-9-19)14-21(26)22(27)24-12-13-25(2)3/h4-11,14,16H,12-13,15H2,1-3H3,(H,24,27). The summed E-state index contributed by atoms with van der Waals surface area (Å²) < 4.78 is 2.02. The molecule has 0 aliphatic carbocycles. The van der Waals surface area contributed by atoms with Crippen LogP contribution in [0.3, 0.4) is 0 Å². The molecule has 0 unspecified atom stereocenters. The fourth-order valence-electron chi connectivity index (χ4n) is 2.91. The smallest absolute Gasteiger partial charge is 0.267 e. The predicted molar refractivity (Wildman–Crippen MR) is 109 cm³/mol. The quantitative estimate of drug-likeness (QED) is 0.702. The molecule has 0 atom stereocenters. The summed E-state index contributed by atoms with van der Waals surface area (Å²) in [6.07, 6.45) is 5.57. The Morgan fingerprint density at radius 2 is 1.78 bits per heavy atom. The highest BCUT2D eigenvalue weighted by molar-refractivity contribution is 5.94. The summed E-state index contributed by atoms with van der Waals surface area (Å²) in [4.78, 5) is 18.9. The van der Waals surface area contributed by atoms with E-state index < -0.39 is 0 Å². The van der Waals surface area contributed by atoms with Crippen LogP contribution >= 0.6 is 0 Å². The maximum absolute atomic E-state index is 12.8. The minimum atomic E-state index is -0.0516. The van der Waals surface area contributed by atoms with E-state index in [4.69, 9.17) is 0 Å². The van der Waals surface area contributed by atoms with E-state index in [0.717, 1.165) is 17.7 Å². The lowest BCUT2D eigenvalue weighted by atomic mass is 10.1. The maximum Gasteiger partial charge on any atom is 0.267 e. The van der Waals surface area contributed by atoms with Crippen molar-refractivity contribution in [1.82, 2.24) is 19.8 Å². The van der Waals surface area contributed by atoms with Gasteiger partial charge in [0.2, 0.25) is 0 Å². The summed E-state index contributed by atoms with van der Waals surface area (Å²) in [5, 5.41) is 3.02. The van der Waals surface area contributed by atoms with Crippen LogP contribution in [0, 0.1) is 6.92 Å². The number of benzene rings is 1. The predicted octanol–water partition coefficient (Wildman–Crippen LogP) is 3.20. The molecular weight excluding hydrogens is 336 g/mol. The van der Waals surface area contributed by atoms with E-state index in [1.165, 1.54) is 11.1 Å². The van der Waals surface area contributed by atoms with E-state index in [1.54, 1.807) is 12.4 Å². The average molecular weight is 362 g/mol. The van der Waals surface area contributed by atoms with E-state index >= 15 is 0 Å². The second-order valence-corrected chi connectivity index (χ2v) is 7.02. The van der Waals surface area contributed by atoms with Crippen LogP contribution < -0.4 is 5.32 Å². The molecule has 1 amide bonds. The summed E-state index contributed by atoms with van der Waals surface area (Å²) in [7, 11) is 3.99. The Morgan fingerprint density at radius 3 is 2.44 bits per heavy atom. The van der Waals surface area contributed by atoms with Crippen molar-refractivity contribution in [3.63, 3.8) is 0 Å². The SMILES string of the molecule is Cc1ccc(Cn2cc(-c3ccncc3)cc2C(=O)NCCN(C)C)cc1. The Hall–Kier alpha value is -2.92. The van der Waals surface area contributed by atoms with E-state index in [-0.39, 0.29) is 5.91 Å². The van der Waals surface area contributed by atoms with E-state index in [2.05, 4.69) is 41.5 Å². The van der Waals surface area contributed by atoms with Crippen LogP contribution in [0.2, 0.25) is 0 Å². The van der Waals surface area contributed by atoms with E-state index in [9.17, 15) is 4.79 Å². The van der Waals surface area contributed by atoms with Crippen LogP contribution in [0.25, 0.3) is 11.1 Å². The highest BCUT2D eigenvalue weighted by Crippen LogP contribution is 2.22. The number of aryl methyl sites for hydroxylation is 1. The van der Waals surface area contributed by atoms with E-state index in [1.807, 2.05) is 48.0 Å². The first-order valence-electron chi connectivity index (χ1n) is 9.12. The first-order chi connectivity index (χ1) is 13.0. The molecule has 2 heterocycles. The summed E-state index contributed by atoms with van der Waals surface area (Å²) in [6.45, 7) is 4.15. The zero-order valence-corrected chi connectivity index (χ0v) is 16.1. The van der Waals surface area contributed by atoms with Crippen LogP contribution in [0.5, 0.6) is 0 Å². The van der Waals surface area contributed by atoms with Crippen molar-refractivity contribution in [2.24, 2.45) is 0 Å². The van der Waals surface area contributed by atoms with E-state index in [0.29, 0.717) is 18.8 Å². The van der Waals surface area contributed by atoms with Crippen LogP contribution in [-0.2, 0) is 6.54 Å². The Labute approximate surface area is 160 Å². The van der Waals surface area contributed by atoms with Gasteiger partial charge in [-0.05, 0) is 50.3 Å². The molecule has 0 aliphatic heterocycles. The third kappa shape index (κ3) is 5.05. The Bertz CT molecular complexity index is 882. The molecule has 3 rings (SSSR count). The number of carbonyl (C=O) groups excluding carboxylic acids is 1. The fraction of sp³-hybridized carbons (Fsp3) is 0.273. The fourth-order valence-corrected chi connectivity index (χ4v) is 2.91. The van der Waals surface area contributed by atoms with Crippen LogP contribution in [-0.4, -0.2) is 47.5 Å². The molecule has 5 heteroatoms. The average Bonchev–Trinajstić information content (AvgIpc) is 3.08. The number of hydrogen-bond donors (Lipinski definition) is 1. The normalized spacial score (nSPS) is 11.0. The lowest BCUT2D eigenvalue weighted by molar-refractivity contribution is 0.0942. The second kappa shape index (κ2) is 8.64. The van der Waals surface area contributed by atoms with Crippen molar-refractivity contribution in [3.8, 4) is 11.1 Å². The van der Waals surface area contributed by atoms with Gasteiger partial charge in [0.1, 0.15) is 5.69 Å². The summed E-state index contributed by atoms with van der Waals surface area (Å²) >= 11 is 0. The number of nitrogens with one attached hydrogen (secondary N) is 1. The van der Waals surface area contributed by atoms with Crippen molar-refractivity contribution in [3.05, 3.63) is 77.9 Å². The number of aromatic nitrogens is 2. The van der Waals surface area contributed by atoms with Gasteiger partial charge in [0, 0.05) is 43.8 Å². The highest BCUT2D eigenvalue weighted by Gasteiger charge is 2.15. The van der Waals surface area contributed by atoms with Crippen LogP contribution in [0.4, 0.5) is 0 Å². The lowest BCUT2D eigenvalue weighted by Gasteiger charge is -2.12. The molecule has 27 heavy (non-hydrogen) atoms. The van der Waals surface area contributed by atoms with Crippen molar-refractivity contribution >= 4 is 5.91 Å². The van der Waals surface area contributed by atoms with Gasteiger partial charge in [-0.1, -0.05) is 29.8 Å². The van der Waals surface area contributed by atoms with Crippen molar-refractivity contribution in [2.45, 2.75) is 13.5 Å². The molecule has 0 saturated heterocycles. The molecular formula is C22H26N4O. The monoisotopic (exact) mass is 362 g/mol. The molecule has 0 bridgehead atoms. The molecule has 1 aromatic carbocycles. The molecule has 0 fully saturated rings. The van der Waals surface area contributed by atoms with Gasteiger partial charge in [0.15, 0.2) is 0 Å². The number of carbonyl (C=O) groups is 1. The van der Waals surface area contributed by atoms with Gasteiger partial charge < -0.3 is 14.8 Å². The molecule has 0 radical (unpaired) electrons. The van der Waals surface area contributed by atoms with Gasteiger partial charge >= 0.3 is 0 Å². The highest BCUT2D eigenvalue weighted by atomic mass is 16.1. The Balaban J connectivity index is 1.87. The number of pyridine rings is 1. The topological polar surface area (TPSA) is 50.2 Å². The van der Waals surface area contributed by atoms with Gasteiger partial charge in [0.05, 0.1) is 0 Å². The third-order valence-corrected chi connectivity index (χ3v) is 4.46. The molecule has 1 N–H and O–H groups in total. The summed E-state index contributed by atoms with van der Waals surface area (Å²) in [5.74, 6) is -0.0516. The number of amides is 1. The number of rotatable bonds is 7. The molecule has 2 aromatic heterocycles. The Kier molecular flexibility index (Phi) is 6.04. The van der Waals surface area contributed by atoms with Crippen molar-refractivity contribution < 1.29 is 4.79 Å². The van der Waals surface area contributed by atoms with Crippen molar-refractivity contribution in [1.29, 1.82) is 0 Å². The molecule has 0 saturated carbocycles.